The fraction of sp³-hybridized carbons (Fsp3) is 0.385. The summed E-state index contributed by atoms with van der Waals surface area (Å²) in [6.07, 6.45) is 6.12. The maximum Gasteiger partial charge on any atom is 0.166 e. The molecule has 2 bridgehead atoms. The van der Waals surface area contributed by atoms with E-state index in [2.05, 4.69) is 40.2 Å². The van der Waals surface area contributed by atoms with Crippen LogP contribution in [0.25, 0.3) is 10.9 Å². The second-order valence-corrected chi connectivity index (χ2v) is 9.61. The summed E-state index contributed by atoms with van der Waals surface area (Å²) in [6.45, 7) is 3.79. The summed E-state index contributed by atoms with van der Waals surface area (Å²) in [6, 6.07) is 12.1. The van der Waals surface area contributed by atoms with Crippen LogP contribution in [0.5, 0.6) is 11.5 Å². The maximum atomic E-state index is 12.7. The summed E-state index contributed by atoms with van der Waals surface area (Å²) in [7, 11) is 0. The number of hydrogen-bond acceptors (Lipinski definition) is 4. The highest BCUT2D eigenvalue weighted by Gasteiger charge is 2.72. The van der Waals surface area contributed by atoms with Crippen molar-refractivity contribution in [2.75, 3.05) is 13.1 Å². The largest absolute Gasteiger partial charge is 0.504 e. The van der Waals surface area contributed by atoms with Crippen LogP contribution in [0, 0.1) is 0 Å². The van der Waals surface area contributed by atoms with Gasteiger partial charge in [0.2, 0.25) is 0 Å². The number of aromatic hydroxyl groups is 1. The van der Waals surface area contributed by atoms with Gasteiger partial charge in [0.05, 0.1) is 16.7 Å². The van der Waals surface area contributed by atoms with Gasteiger partial charge in [-0.3, -0.25) is 4.90 Å². The van der Waals surface area contributed by atoms with E-state index in [-0.39, 0.29) is 17.9 Å². The molecule has 31 heavy (non-hydrogen) atoms. The molecular formula is C26H26N2O3. The summed E-state index contributed by atoms with van der Waals surface area (Å²) in [4.78, 5) is 6.06. The van der Waals surface area contributed by atoms with Gasteiger partial charge in [-0.05, 0) is 43.0 Å². The van der Waals surface area contributed by atoms with Crippen LogP contribution >= 0.6 is 0 Å². The molecule has 4 aliphatic rings. The monoisotopic (exact) mass is 414 g/mol. The van der Waals surface area contributed by atoms with Gasteiger partial charge in [-0.1, -0.05) is 36.4 Å². The van der Waals surface area contributed by atoms with Gasteiger partial charge < -0.3 is 19.9 Å². The van der Waals surface area contributed by atoms with Crippen molar-refractivity contribution in [2.45, 2.75) is 49.3 Å². The van der Waals surface area contributed by atoms with Crippen molar-refractivity contribution in [3.63, 3.8) is 0 Å². The van der Waals surface area contributed by atoms with Crippen molar-refractivity contribution in [2.24, 2.45) is 0 Å². The van der Waals surface area contributed by atoms with E-state index < -0.39 is 11.0 Å². The molecule has 158 valence electrons. The molecule has 1 saturated heterocycles. The van der Waals surface area contributed by atoms with E-state index in [1.54, 1.807) is 6.07 Å². The molecule has 0 radical (unpaired) electrons. The van der Waals surface area contributed by atoms with Crippen LogP contribution < -0.4 is 4.74 Å². The average molecular weight is 415 g/mol. The molecule has 1 fully saturated rings. The summed E-state index contributed by atoms with van der Waals surface area (Å²) in [5, 5.41) is 24.5. The van der Waals surface area contributed by atoms with E-state index >= 15 is 0 Å². The molecule has 7 rings (SSSR count). The number of phenolic OH excluding ortho intramolecular Hbond substituents is 1. The molecule has 3 aromatic rings. The molecule has 0 saturated carbocycles. The maximum absolute atomic E-state index is 12.7. The second kappa shape index (κ2) is 5.72. The summed E-state index contributed by atoms with van der Waals surface area (Å²) in [5.41, 5.74) is 4.06. The van der Waals surface area contributed by atoms with Gasteiger partial charge in [-0.2, -0.15) is 0 Å². The Labute approximate surface area is 181 Å². The van der Waals surface area contributed by atoms with E-state index in [4.69, 9.17) is 4.74 Å². The number of aromatic amines is 1. The van der Waals surface area contributed by atoms with Gasteiger partial charge in [-0.25, -0.2) is 0 Å². The molecule has 0 amide bonds. The van der Waals surface area contributed by atoms with E-state index in [9.17, 15) is 10.2 Å². The van der Waals surface area contributed by atoms with Crippen LogP contribution in [0.15, 0.2) is 48.6 Å². The number of H-pyrrole nitrogens is 1. The molecule has 3 N–H and O–H groups in total. The Morgan fingerprint density at radius 2 is 2.13 bits per heavy atom. The van der Waals surface area contributed by atoms with Crippen LogP contribution in [0.3, 0.4) is 0 Å². The molecule has 1 aromatic heterocycles. The van der Waals surface area contributed by atoms with Crippen molar-refractivity contribution in [1.29, 1.82) is 0 Å². The third-order valence-corrected chi connectivity index (χ3v) is 8.45. The van der Waals surface area contributed by atoms with Gasteiger partial charge in [0.15, 0.2) is 17.6 Å². The zero-order valence-corrected chi connectivity index (χ0v) is 17.6. The highest BCUT2D eigenvalue weighted by Crippen LogP contribution is 2.68. The normalized spacial score (nSPS) is 32.8. The van der Waals surface area contributed by atoms with E-state index in [1.807, 2.05) is 19.1 Å². The van der Waals surface area contributed by atoms with Crippen LogP contribution in [0.4, 0.5) is 0 Å². The average Bonchev–Trinajstić information content (AvgIpc) is 3.30. The number of piperidine rings is 1. The second-order valence-electron chi connectivity index (χ2n) is 9.61. The first-order valence-electron chi connectivity index (χ1n) is 11.3. The highest BCUT2D eigenvalue weighted by molar-refractivity contribution is 5.86. The lowest BCUT2D eigenvalue weighted by Crippen LogP contribution is -2.74. The molecule has 5 nitrogen and oxygen atoms in total. The molecule has 0 unspecified atom stereocenters. The Morgan fingerprint density at radius 3 is 3.00 bits per heavy atom. The predicted octanol–water partition coefficient (Wildman–Crippen LogP) is 3.74. The molecule has 2 aliphatic carbocycles. The van der Waals surface area contributed by atoms with Crippen molar-refractivity contribution < 1.29 is 14.9 Å². The first-order chi connectivity index (χ1) is 15.1. The lowest BCUT2D eigenvalue weighted by molar-refractivity contribution is -0.170. The number of fused-ring (bicyclic) bond motifs is 4. The van der Waals surface area contributed by atoms with Gasteiger partial charge in [0, 0.05) is 42.0 Å². The molecule has 3 heterocycles. The van der Waals surface area contributed by atoms with Crippen molar-refractivity contribution in [3.8, 4) is 11.5 Å². The minimum Gasteiger partial charge on any atom is -0.504 e. The quantitative estimate of drug-likeness (QED) is 0.559. The molecule has 4 atom stereocenters. The van der Waals surface area contributed by atoms with E-state index in [0.717, 1.165) is 53.7 Å². The Bertz CT molecular complexity index is 1280. The minimum absolute atomic E-state index is 0.00774. The number of rotatable bonds is 2. The molecule has 1 spiro atoms. The predicted molar refractivity (Wildman–Crippen MR) is 119 cm³/mol. The third kappa shape index (κ3) is 1.91. The molecular weight excluding hydrogens is 388 g/mol. The number of nitrogens with zero attached hydrogens (tertiary/aromatic N) is 1. The number of likely N-dealkylation sites (tertiary alicyclic amines) is 1. The van der Waals surface area contributed by atoms with Gasteiger partial charge in [0.1, 0.15) is 0 Å². The van der Waals surface area contributed by atoms with Crippen molar-refractivity contribution >= 4 is 10.9 Å². The SMILES string of the molecule is C/C=C/CN1CC[C@]23c4c5ccc(O)c4O[C@@H]2c2[nH]c4ccccc4c2C[C@@]3(O)[C@H]1C5. The molecule has 2 aromatic carbocycles. The summed E-state index contributed by atoms with van der Waals surface area (Å²) < 4.78 is 6.57. The Kier molecular flexibility index (Phi) is 3.30. The summed E-state index contributed by atoms with van der Waals surface area (Å²) >= 11 is 0. The van der Waals surface area contributed by atoms with Gasteiger partial charge in [0.25, 0.3) is 0 Å². The van der Waals surface area contributed by atoms with Gasteiger partial charge in [-0.15, -0.1) is 0 Å². The van der Waals surface area contributed by atoms with Crippen molar-refractivity contribution in [1.82, 2.24) is 9.88 Å². The lowest BCUT2D eigenvalue weighted by Gasteiger charge is -2.62. The fourth-order valence-corrected chi connectivity index (χ4v) is 7.18. The number of benzene rings is 2. The zero-order valence-electron chi connectivity index (χ0n) is 17.6. The number of aromatic nitrogens is 1. The van der Waals surface area contributed by atoms with Gasteiger partial charge >= 0.3 is 0 Å². The number of ether oxygens (including phenoxy) is 1. The third-order valence-electron chi connectivity index (χ3n) is 8.45. The number of allylic oxidation sites excluding steroid dienone is 1. The summed E-state index contributed by atoms with van der Waals surface area (Å²) in [5.74, 6) is 0.755. The van der Waals surface area contributed by atoms with E-state index in [0.29, 0.717) is 12.2 Å². The number of phenols is 1. The standard InChI is InChI=1S/C26H26N2O3/c1-2-3-11-28-12-10-25-21-15-8-9-19(29)23(21)31-24(25)22-17(14-26(25,30)20(28)13-15)16-6-4-5-7-18(16)27-22/h2-9,20,24,27,29-30H,10-14H2,1H3/b3-2+/t20-,24-,25+,26-/m1/s1. The molecule has 2 aliphatic heterocycles. The Hall–Kier alpha value is -2.76. The Morgan fingerprint density at radius 1 is 1.26 bits per heavy atom. The highest BCUT2D eigenvalue weighted by atomic mass is 16.5. The topological polar surface area (TPSA) is 68.7 Å². The number of hydrogen-bond donors (Lipinski definition) is 3. The van der Waals surface area contributed by atoms with Crippen LogP contribution in [-0.2, 0) is 18.3 Å². The minimum atomic E-state index is -0.957. The number of para-hydroxylation sites is 1. The number of aliphatic hydroxyl groups is 1. The fourth-order valence-electron chi connectivity index (χ4n) is 7.18. The Balaban J connectivity index is 1.54. The van der Waals surface area contributed by atoms with E-state index in [1.165, 1.54) is 5.56 Å². The van der Waals surface area contributed by atoms with Crippen LogP contribution in [0.1, 0.15) is 41.8 Å². The van der Waals surface area contributed by atoms with Crippen molar-refractivity contribution in [3.05, 3.63) is 70.9 Å². The lowest BCUT2D eigenvalue weighted by atomic mass is 9.49. The first kappa shape index (κ1) is 17.9. The molecule has 5 heteroatoms. The van der Waals surface area contributed by atoms with Crippen LogP contribution in [0.2, 0.25) is 0 Å². The first-order valence-corrected chi connectivity index (χ1v) is 11.3. The smallest absolute Gasteiger partial charge is 0.166 e. The number of nitrogens with one attached hydrogen (secondary N) is 1. The van der Waals surface area contributed by atoms with Crippen LogP contribution in [-0.4, -0.2) is 44.8 Å². The zero-order chi connectivity index (χ0) is 21.0.